The lowest BCUT2D eigenvalue weighted by molar-refractivity contribution is 0.416. The molecule has 0 saturated carbocycles. The highest BCUT2D eigenvalue weighted by molar-refractivity contribution is 7.90. The van der Waals surface area contributed by atoms with E-state index in [1.807, 2.05) is 79.7 Å². The third-order valence-electron chi connectivity index (χ3n) is 7.87. The van der Waals surface area contributed by atoms with Gasteiger partial charge in [-0.1, -0.05) is 90.5 Å². The van der Waals surface area contributed by atoms with E-state index < -0.39 is 17.2 Å². The van der Waals surface area contributed by atoms with Crippen molar-refractivity contribution < 1.29 is 22.5 Å². The Morgan fingerprint density at radius 1 is 0.659 bits per heavy atom. The number of benzene rings is 5. The minimum atomic E-state index is -4.14. The van der Waals surface area contributed by atoms with Gasteiger partial charge in [-0.3, -0.25) is 0 Å². The third-order valence-corrected chi connectivity index (χ3v) is 12.7. The van der Waals surface area contributed by atoms with Crippen LogP contribution < -0.4 is 20.1 Å². The largest absolute Gasteiger partial charge is 0.496 e. The summed E-state index contributed by atoms with van der Waals surface area (Å²) in [5, 5.41) is 1.71. The van der Waals surface area contributed by atoms with Crippen molar-refractivity contribution in [3.8, 4) is 22.6 Å². The topological polar surface area (TPSA) is 74.6 Å². The van der Waals surface area contributed by atoms with Crippen molar-refractivity contribution in [1.82, 2.24) is 3.97 Å². The third kappa shape index (κ3) is 5.02. The van der Waals surface area contributed by atoms with Crippen LogP contribution in [0.5, 0.6) is 11.5 Å². The normalized spacial score (nSPS) is 11.9. The quantitative estimate of drug-likeness (QED) is 0.158. The van der Waals surface area contributed by atoms with Crippen LogP contribution in [0.15, 0.2) is 132 Å². The molecule has 0 aliphatic heterocycles. The van der Waals surface area contributed by atoms with Gasteiger partial charge in [0.2, 0.25) is 0 Å². The number of methoxy groups -OCH3 is 2. The van der Waals surface area contributed by atoms with Gasteiger partial charge in [-0.2, -0.15) is 0 Å². The highest BCUT2D eigenvalue weighted by atomic mass is 32.2. The monoisotopic (exact) mass is 621 g/mol. The van der Waals surface area contributed by atoms with Crippen molar-refractivity contribution in [1.29, 1.82) is 0 Å². The van der Waals surface area contributed by atoms with Crippen molar-refractivity contribution >= 4 is 38.7 Å². The summed E-state index contributed by atoms with van der Waals surface area (Å²) in [4.78, 5) is 0.147. The lowest BCUT2D eigenvalue weighted by Gasteiger charge is -2.25. The van der Waals surface area contributed by atoms with E-state index in [2.05, 4.69) is 0 Å². The Balaban J connectivity index is 1.75. The maximum Gasteiger partial charge on any atom is 0.268 e. The molecule has 0 unspecified atom stereocenters. The fourth-order valence-corrected chi connectivity index (χ4v) is 10.5. The molecule has 222 valence electrons. The Morgan fingerprint density at radius 3 is 1.77 bits per heavy atom. The minimum Gasteiger partial charge on any atom is -0.496 e. The van der Waals surface area contributed by atoms with Gasteiger partial charge in [0.1, 0.15) is 11.5 Å². The van der Waals surface area contributed by atoms with E-state index >= 15 is 4.57 Å². The second-order valence-corrected chi connectivity index (χ2v) is 15.1. The van der Waals surface area contributed by atoms with Gasteiger partial charge in [-0.05, 0) is 55.0 Å². The molecule has 6 nitrogen and oxygen atoms in total. The Kier molecular flexibility index (Phi) is 7.93. The van der Waals surface area contributed by atoms with E-state index in [-0.39, 0.29) is 11.1 Å². The molecular weight excluding hydrogens is 589 g/mol. The summed E-state index contributed by atoms with van der Waals surface area (Å²) < 4.78 is 58.1. The average Bonchev–Trinajstić information content (AvgIpc) is 3.39. The Hall–Kier alpha value is -4.58. The smallest absolute Gasteiger partial charge is 0.268 e. The maximum absolute atomic E-state index is 15.9. The molecule has 0 radical (unpaired) electrons. The van der Waals surface area contributed by atoms with E-state index in [9.17, 15) is 8.42 Å². The van der Waals surface area contributed by atoms with Gasteiger partial charge in [0.25, 0.3) is 10.0 Å². The molecule has 0 N–H and O–H groups in total. The summed E-state index contributed by atoms with van der Waals surface area (Å²) in [5.74, 6) is 0.902. The molecule has 8 heteroatoms. The van der Waals surface area contributed by atoms with E-state index in [1.54, 1.807) is 68.8 Å². The van der Waals surface area contributed by atoms with Crippen molar-refractivity contribution in [3.63, 3.8) is 0 Å². The Labute approximate surface area is 257 Å². The molecule has 1 heterocycles. The number of aryl methyl sites for hydroxylation is 1. The molecule has 0 atom stereocenters. The Bertz CT molecular complexity index is 2070. The average molecular weight is 622 g/mol. The van der Waals surface area contributed by atoms with Crippen LogP contribution in [0.2, 0.25) is 0 Å². The van der Waals surface area contributed by atoms with E-state index in [1.165, 1.54) is 3.97 Å². The fraction of sp³-hybridized carbons (Fsp3) is 0.111. The van der Waals surface area contributed by atoms with Crippen LogP contribution in [-0.4, -0.2) is 26.6 Å². The SMILES string of the molecule is COc1ccccc1P(=O)(Cc1c(-c2ccccc2)c2ccccc2n1S(=O)(=O)c1ccc(C)cc1)c1ccccc1OC. The van der Waals surface area contributed by atoms with Crippen LogP contribution in [0.4, 0.5) is 0 Å². The van der Waals surface area contributed by atoms with Crippen LogP contribution in [0, 0.1) is 6.92 Å². The van der Waals surface area contributed by atoms with Gasteiger partial charge in [-0.15, -0.1) is 0 Å². The number of aromatic nitrogens is 1. The number of ether oxygens (including phenoxy) is 2. The zero-order chi connectivity index (χ0) is 30.9. The molecule has 5 aromatic carbocycles. The van der Waals surface area contributed by atoms with Crippen molar-refractivity contribution in [2.24, 2.45) is 0 Å². The summed E-state index contributed by atoms with van der Waals surface area (Å²) in [6, 6.07) is 38.3. The number of rotatable bonds is 9. The van der Waals surface area contributed by atoms with Gasteiger partial charge in [-0.25, -0.2) is 12.4 Å². The maximum atomic E-state index is 15.9. The summed E-state index contributed by atoms with van der Waals surface area (Å²) in [6.07, 6.45) is -0.113. The van der Waals surface area contributed by atoms with Gasteiger partial charge in [0, 0.05) is 10.9 Å². The molecule has 0 amide bonds. The second-order valence-electron chi connectivity index (χ2n) is 10.5. The summed E-state index contributed by atoms with van der Waals surface area (Å²) >= 11 is 0. The van der Waals surface area contributed by atoms with Gasteiger partial charge >= 0.3 is 0 Å². The molecule has 0 saturated heterocycles. The van der Waals surface area contributed by atoms with Crippen molar-refractivity contribution in [3.05, 3.63) is 139 Å². The molecule has 0 aliphatic carbocycles. The predicted octanol–water partition coefficient (Wildman–Crippen LogP) is 7.39. The number of hydrogen-bond acceptors (Lipinski definition) is 5. The first-order valence-electron chi connectivity index (χ1n) is 14.2. The van der Waals surface area contributed by atoms with Crippen LogP contribution in [0.3, 0.4) is 0 Å². The second kappa shape index (κ2) is 11.8. The molecule has 0 aliphatic rings. The fourth-order valence-electron chi connectivity index (χ4n) is 5.79. The van der Waals surface area contributed by atoms with Gasteiger partial charge in [0.05, 0.1) is 47.1 Å². The first-order chi connectivity index (χ1) is 21.3. The van der Waals surface area contributed by atoms with Crippen LogP contribution in [-0.2, 0) is 20.8 Å². The molecule has 0 bridgehead atoms. The first kappa shape index (κ1) is 29.5. The Morgan fingerprint density at radius 2 is 1.18 bits per heavy atom. The lowest BCUT2D eigenvalue weighted by atomic mass is 10.0. The standard InChI is InChI=1S/C36H32NO5PS/c1-26-21-23-28(24-22-26)44(39,40)37-30-16-8-7-15-29(30)36(27-13-5-4-6-14-27)31(37)25-43(38,34-19-11-9-17-32(34)41-2)35-20-12-10-18-33(35)42-3/h4-24H,25H2,1-3H3. The summed E-state index contributed by atoms with van der Waals surface area (Å²) in [5.41, 5.74) is 3.40. The van der Waals surface area contributed by atoms with Crippen LogP contribution in [0.25, 0.3) is 22.0 Å². The van der Waals surface area contributed by atoms with Crippen LogP contribution >= 0.6 is 7.14 Å². The molecule has 6 rings (SSSR count). The summed E-state index contributed by atoms with van der Waals surface area (Å²) in [7, 11) is -4.74. The highest BCUT2D eigenvalue weighted by Gasteiger charge is 2.38. The number of para-hydroxylation sites is 3. The predicted molar refractivity (Wildman–Crippen MR) is 178 cm³/mol. The molecular formula is C36H32NO5PS. The lowest BCUT2D eigenvalue weighted by Crippen LogP contribution is -2.23. The molecule has 44 heavy (non-hydrogen) atoms. The first-order valence-corrected chi connectivity index (χ1v) is 17.5. The van der Waals surface area contributed by atoms with Gasteiger partial charge < -0.3 is 14.0 Å². The van der Waals surface area contributed by atoms with Crippen molar-refractivity contribution in [2.75, 3.05) is 14.2 Å². The zero-order valence-corrected chi connectivity index (χ0v) is 26.4. The minimum absolute atomic E-state index is 0.113. The van der Waals surface area contributed by atoms with Crippen molar-refractivity contribution in [2.45, 2.75) is 18.0 Å². The molecule has 0 fully saturated rings. The molecule has 1 aromatic heterocycles. The zero-order valence-electron chi connectivity index (χ0n) is 24.7. The van der Waals surface area contributed by atoms with Crippen LogP contribution in [0.1, 0.15) is 11.3 Å². The number of fused-ring (bicyclic) bond motifs is 1. The summed E-state index contributed by atoms with van der Waals surface area (Å²) in [6.45, 7) is 1.91. The van der Waals surface area contributed by atoms with E-state index in [0.29, 0.717) is 38.9 Å². The number of hydrogen-bond donors (Lipinski definition) is 0. The highest BCUT2D eigenvalue weighted by Crippen LogP contribution is 2.54. The molecule has 6 aromatic rings. The molecule has 0 spiro atoms. The van der Waals surface area contributed by atoms with E-state index in [4.69, 9.17) is 9.47 Å². The van der Waals surface area contributed by atoms with Gasteiger partial charge in [0.15, 0.2) is 7.14 Å². The van der Waals surface area contributed by atoms with E-state index in [0.717, 1.165) is 16.5 Å². The number of nitrogens with zero attached hydrogens (tertiary/aromatic N) is 1.